The molecule has 0 amide bonds. The second kappa shape index (κ2) is 7.62. The van der Waals surface area contributed by atoms with E-state index in [1.54, 1.807) is 4.90 Å². The lowest BCUT2D eigenvalue weighted by Crippen LogP contribution is -2.35. The minimum absolute atomic E-state index is 0.0961. The molecule has 0 bridgehead atoms. The molecule has 1 unspecified atom stereocenters. The van der Waals surface area contributed by atoms with E-state index in [9.17, 15) is 26.3 Å². The molecule has 1 heterocycles. The van der Waals surface area contributed by atoms with Crippen molar-refractivity contribution < 1.29 is 26.3 Å². The Hall–Kier alpha value is -2.29. The third-order valence-corrected chi connectivity index (χ3v) is 4.92. The van der Waals surface area contributed by atoms with Crippen LogP contribution in [0, 0.1) is 0 Å². The third-order valence-electron chi connectivity index (χ3n) is 4.58. The summed E-state index contributed by atoms with van der Waals surface area (Å²) in [5, 5.41) is 2.83. The zero-order chi connectivity index (χ0) is 20.5. The van der Waals surface area contributed by atoms with E-state index in [-0.39, 0.29) is 16.4 Å². The average Bonchev–Trinajstić information content (AvgIpc) is 3.10. The van der Waals surface area contributed by atoms with Crippen molar-refractivity contribution in [2.45, 2.75) is 31.2 Å². The molecule has 1 atom stereocenters. The molecule has 150 valence electrons. The molecule has 28 heavy (non-hydrogen) atoms. The van der Waals surface area contributed by atoms with Gasteiger partial charge in [-0.2, -0.15) is 26.3 Å². The van der Waals surface area contributed by atoms with Crippen molar-refractivity contribution >= 4 is 23.0 Å². The molecular formula is C19H16F6N2S. The summed E-state index contributed by atoms with van der Waals surface area (Å²) in [5.74, 6) is 0. The fourth-order valence-corrected chi connectivity index (χ4v) is 3.68. The van der Waals surface area contributed by atoms with Crippen molar-refractivity contribution in [1.82, 2.24) is 4.90 Å². The lowest BCUT2D eigenvalue weighted by atomic mass is 9.98. The molecule has 2 aromatic carbocycles. The summed E-state index contributed by atoms with van der Waals surface area (Å²) in [7, 11) is 0. The van der Waals surface area contributed by atoms with Crippen LogP contribution in [0.1, 0.15) is 35.6 Å². The first-order chi connectivity index (χ1) is 13.1. The van der Waals surface area contributed by atoms with Gasteiger partial charge in [0.1, 0.15) is 0 Å². The van der Waals surface area contributed by atoms with Gasteiger partial charge in [0.05, 0.1) is 17.2 Å². The molecule has 1 saturated heterocycles. The Balaban J connectivity index is 1.84. The van der Waals surface area contributed by atoms with Gasteiger partial charge in [-0.25, -0.2) is 0 Å². The zero-order valence-corrected chi connectivity index (χ0v) is 15.3. The first-order valence-corrected chi connectivity index (χ1v) is 8.89. The highest BCUT2D eigenvalue weighted by Crippen LogP contribution is 2.40. The normalized spacial score (nSPS) is 17.6. The Kier molecular flexibility index (Phi) is 5.56. The van der Waals surface area contributed by atoms with Crippen molar-refractivity contribution in [3.8, 4) is 0 Å². The van der Waals surface area contributed by atoms with Gasteiger partial charge in [0.15, 0.2) is 5.11 Å². The van der Waals surface area contributed by atoms with Crippen molar-refractivity contribution in [2.24, 2.45) is 0 Å². The van der Waals surface area contributed by atoms with Gasteiger partial charge in [0.2, 0.25) is 0 Å². The SMILES string of the molecule is FC(F)(F)c1cccc(NC(=S)N2CCCC2c2ccccc2C(F)(F)F)c1. The van der Waals surface area contributed by atoms with E-state index in [4.69, 9.17) is 12.2 Å². The Morgan fingerprint density at radius 3 is 2.36 bits per heavy atom. The van der Waals surface area contributed by atoms with Gasteiger partial charge >= 0.3 is 12.4 Å². The number of alkyl halides is 6. The van der Waals surface area contributed by atoms with Crippen LogP contribution in [0.25, 0.3) is 0 Å². The van der Waals surface area contributed by atoms with Crippen LogP contribution in [0.15, 0.2) is 48.5 Å². The molecule has 2 nitrogen and oxygen atoms in total. The second-order valence-corrected chi connectivity index (χ2v) is 6.83. The van der Waals surface area contributed by atoms with Crippen molar-refractivity contribution in [3.05, 3.63) is 65.2 Å². The van der Waals surface area contributed by atoms with Crippen molar-refractivity contribution in [3.63, 3.8) is 0 Å². The summed E-state index contributed by atoms with van der Waals surface area (Å²) in [4.78, 5) is 1.60. The average molecular weight is 418 g/mol. The van der Waals surface area contributed by atoms with Crippen LogP contribution in [0.4, 0.5) is 32.0 Å². The summed E-state index contributed by atoms with van der Waals surface area (Å²) >= 11 is 5.30. The standard InChI is InChI=1S/C19H16F6N2S/c20-18(21,22)12-5-3-6-13(11-12)26-17(28)27-10-4-9-16(27)14-7-1-2-8-15(14)19(23,24)25/h1-3,5-8,11,16H,4,9-10H2,(H,26,28). The van der Waals surface area contributed by atoms with Gasteiger partial charge in [-0.15, -0.1) is 0 Å². The highest BCUT2D eigenvalue weighted by molar-refractivity contribution is 7.80. The quantitative estimate of drug-likeness (QED) is 0.458. The maximum atomic E-state index is 13.4. The topological polar surface area (TPSA) is 15.3 Å². The van der Waals surface area contributed by atoms with Crippen LogP contribution >= 0.6 is 12.2 Å². The van der Waals surface area contributed by atoms with Gasteiger partial charge in [-0.1, -0.05) is 24.3 Å². The molecule has 1 N–H and O–H groups in total. The highest BCUT2D eigenvalue weighted by Gasteiger charge is 2.38. The maximum absolute atomic E-state index is 13.4. The van der Waals surface area contributed by atoms with Crippen LogP contribution in [0.2, 0.25) is 0 Å². The molecule has 1 aliphatic heterocycles. The molecule has 0 saturated carbocycles. The van der Waals surface area contributed by atoms with E-state index < -0.39 is 29.5 Å². The Morgan fingerprint density at radius 2 is 1.68 bits per heavy atom. The third kappa shape index (κ3) is 4.40. The van der Waals surface area contributed by atoms with Gasteiger partial charge in [-0.3, -0.25) is 0 Å². The number of nitrogens with one attached hydrogen (secondary N) is 1. The van der Waals surface area contributed by atoms with Gasteiger partial charge in [0, 0.05) is 12.2 Å². The summed E-state index contributed by atoms with van der Waals surface area (Å²) in [6.07, 6.45) is -7.90. The highest BCUT2D eigenvalue weighted by atomic mass is 32.1. The zero-order valence-electron chi connectivity index (χ0n) is 14.4. The molecule has 3 rings (SSSR count). The van der Waals surface area contributed by atoms with E-state index in [1.165, 1.54) is 30.3 Å². The number of nitrogens with zero attached hydrogens (tertiary/aromatic N) is 1. The molecule has 0 aliphatic carbocycles. The molecule has 0 spiro atoms. The number of thiocarbonyl (C=S) groups is 1. The number of rotatable bonds is 2. The number of hydrogen-bond donors (Lipinski definition) is 1. The van der Waals surface area contributed by atoms with Gasteiger partial charge in [0.25, 0.3) is 0 Å². The predicted molar refractivity (Wildman–Crippen MR) is 97.8 cm³/mol. The minimum Gasteiger partial charge on any atom is -0.342 e. The minimum atomic E-state index is -4.50. The van der Waals surface area contributed by atoms with Crippen LogP contribution < -0.4 is 5.32 Å². The number of halogens is 6. The predicted octanol–water partition coefficient (Wildman–Crippen LogP) is 6.26. The maximum Gasteiger partial charge on any atom is 0.416 e. The van der Waals surface area contributed by atoms with Crippen LogP contribution in [-0.2, 0) is 12.4 Å². The Labute approximate surface area is 163 Å². The first-order valence-electron chi connectivity index (χ1n) is 8.48. The second-order valence-electron chi connectivity index (χ2n) is 6.45. The van der Waals surface area contributed by atoms with E-state index in [2.05, 4.69) is 5.32 Å². The van der Waals surface area contributed by atoms with Crippen LogP contribution in [-0.4, -0.2) is 16.6 Å². The van der Waals surface area contributed by atoms with Crippen LogP contribution in [0.5, 0.6) is 0 Å². The summed E-state index contributed by atoms with van der Waals surface area (Å²) in [5.41, 5.74) is -1.32. The lowest BCUT2D eigenvalue weighted by Gasteiger charge is -2.29. The number of hydrogen-bond acceptors (Lipinski definition) is 1. The van der Waals surface area contributed by atoms with E-state index >= 15 is 0 Å². The summed E-state index contributed by atoms with van der Waals surface area (Å²) < 4.78 is 78.7. The Morgan fingerprint density at radius 1 is 0.964 bits per heavy atom. The molecular weight excluding hydrogens is 402 g/mol. The fourth-order valence-electron chi connectivity index (χ4n) is 3.35. The van der Waals surface area contributed by atoms with E-state index in [1.807, 2.05) is 0 Å². The van der Waals surface area contributed by atoms with Gasteiger partial charge in [-0.05, 0) is 54.9 Å². The summed E-state index contributed by atoms with van der Waals surface area (Å²) in [6, 6.07) is 9.23. The lowest BCUT2D eigenvalue weighted by molar-refractivity contribution is -0.139. The first kappa shape index (κ1) is 20.4. The smallest absolute Gasteiger partial charge is 0.342 e. The molecule has 9 heteroatoms. The van der Waals surface area contributed by atoms with Crippen molar-refractivity contribution in [2.75, 3.05) is 11.9 Å². The molecule has 0 aromatic heterocycles. The summed E-state index contributed by atoms with van der Waals surface area (Å²) in [6.45, 7) is 0.418. The number of likely N-dealkylation sites (tertiary alicyclic amines) is 1. The number of anilines is 1. The molecule has 1 fully saturated rings. The fraction of sp³-hybridized carbons (Fsp3) is 0.316. The van der Waals surface area contributed by atoms with Gasteiger partial charge < -0.3 is 10.2 Å². The Bertz CT molecular complexity index is 862. The van der Waals surface area contributed by atoms with E-state index in [0.717, 1.165) is 18.2 Å². The molecule has 2 aromatic rings. The molecule has 1 aliphatic rings. The van der Waals surface area contributed by atoms with Crippen molar-refractivity contribution in [1.29, 1.82) is 0 Å². The monoisotopic (exact) mass is 418 g/mol. The molecule has 0 radical (unpaired) electrons. The number of benzene rings is 2. The van der Waals surface area contributed by atoms with E-state index in [0.29, 0.717) is 19.4 Å². The van der Waals surface area contributed by atoms with Crippen LogP contribution in [0.3, 0.4) is 0 Å². The largest absolute Gasteiger partial charge is 0.416 e.